The average Bonchev–Trinajstić information content (AvgIpc) is 2.77. The molecule has 0 rings (SSSR count). The second kappa shape index (κ2) is 20.5. The smallest absolute Gasteiger partial charge is 0.377 e. The van der Waals surface area contributed by atoms with Crippen LogP contribution in [0.1, 0.15) is 130 Å². The Kier molecular flexibility index (Phi) is 22.0. The number of rotatable bonds is 23. The molecule has 202 valence electrons. The molecule has 0 aliphatic carbocycles. The molecule has 1 atom stereocenters. The molecule has 0 spiro atoms. The zero-order valence-electron chi connectivity index (χ0n) is 23.1. The molecule has 0 aliphatic rings. The van der Waals surface area contributed by atoms with Gasteiger partial charge in [-0.05, 0) is 6.42 Å². The number of nitrogens with two attached hydrogens (primary N) is 1. The Bertz CT molecular complexity index is 427. The van der Waals surface area contributed by atoms with Crippen LogP contribution in [-0.4, -0.2) is 35.1 Å². The first-order valence-electron chi connectivity index (χ1n) is 13.3. The SMILES string of the molecule is CCCCCCCCCCCCCCCCCCC(N)(Cl)C(C)(C)C[Si](OC)(OC)OC.N. The van der Waals surface area contributed by atoms with Crippen LogP contribution in [0, 0.1) is 5.41 Å². The summed E-state index contributed by atoms with van der Waals surface area (Å²) >= 11 is 6.80. The minimum absolute atomic E-state index is 0. The predicted octanol–water partition coefficient (Wildman–Crippen LogP) is 8.60. The van der Waals surface area contributed by atoms with E-state index in [0.29, 0.717) is 6.04 Å². The zero-order valence-corrected chi connectivity index (χ0v) is 24.9. The summed E-state index contributed by atoms with van der Waals surface area (Å²) in [7, 11) is 2.19. The summed E-state index contributed by atoms with van der Waals surface area (Å²) in [6.07, 6.45) is 22.6. The Balaban J connectivity index is 0. The lowest BCUT2D eigenvalue weighted by molar-refractivity contribution is 0.100. The van der Waals surface area contributed by atoms with Crippen molar-refractivity contribution >= 4 is 20.4 Å². The van der Waals surface area contributed by atoms with E-state index in [1.165, 1.54) is 96.3 Å². The molecule has 0 heterocycles. The fourth-order valence-electron chi connectivity index (χ4n) is 4.42. The Morgan fingerprint density at radius 3 is 1.24 bits per heavy atom. The molecule has 7 heteroatoms. The highest BCUT2D eigenvalue weighted by Crippen LogP contribution is 2.43. The van der Waals surface area contributed by atoms with Crippen LogP contribution in [0.3, 0.4) is 0 Å². The maximum Gasteiger partial charge on any atom is 0.500 e. The second-order valence-electron chi connectivity index (χ2n) is 10.3. The Labute approximate surface area is 213 Å². The lowest BCUT2D eigenvalue weighted by Gasteiger charge is -2.42. The van der Waals surface area contributed by atoms with Crippen LogP contribution in [0.25, 0.3) is 0 Å². The average molecular weight is 511 g/mol. The van der Waals surface area contributed by atoms with Crippen LogP contribution in [0.2, 0.25) is 6.04 Å². The van der Waals surface area contributed by atoms with Crippen LogP contribution < -0.4 is 11.9 Å². The van der Waals surface area contributed by atoms with Crippen molar-refractivity contribution in [3.63, 3.8) is 0 Å². The normalized spacial score (nSPS) is 14.2. The standard InChI is InChI=1S/C26H56ClNO3Si.H3N/c1-7-8-9-10-11-12-13-14-15-16-17-18-19-20-21-22-23-26(27,28)25(2,3)24-32(29-4,30-5)31-6;/h7-24,28H2,1-6H3;1H3. The second-order valence-corrected chi connectivity index (χ2v) is 13.9. The fraction of sp³-hybridized carbons (Fsp3) is 1.00. The van der Waals surface area contributed by atoms with Crippen LogP contribution in [0.5, 0.6) is 0 Å². The first-order chi connectivity index (χ1) is 15.2. The number of hydrogen-bond donors (Lipinski definition) is 2. The van der Waals surface area contributed by atoms with Crippen molar-refractivity contribution in [2.24, 2.45) is 11.1 Å². The summed E-state index contributed by atoms with van der Waals surface area (Å²) in [6, 6.07) is 0.600. The van der Waals surface area contributed by atoms with Gasteiger partial charge in [0, 0.05) is 32.8 Å². The maximum atomic E-state index is 6.80. The number of alkyl halides is 1. The van der Waals surface area contributed by atoms with Gasteiger partial charge in [0.05, 0.1) is 5.00 Å². The van der Waals surface area contributed by atoms with Crippen molar-refractivity contribution in [3.05, 3.63) is 0 Å². The van der Waals surface area contributed by atoms with Gasteiger partial charge in [0.25, 0.3) is 0 Å². The van der Waals surface area contributed by atoms with Crippen LogP contribution in [-0.2, 0) is 13.3 Å². The Morgan fingerprint density at radius 1 is 0.636 bits per heavy atom. The highest BCUT2D eigenvalue weighted by molar-refractivity contribution is 6.60. The summed E-state index contributed by atoms with van der Waals surface area (Å²) in [4.78, 5) is -0.795. The molecule has 0 amide bonds. The monoisotopic (exact) mass is 510 g/mol. The molecule has 0 aromatic carbocycles. The van der Waals surface area contributed by atoms with E-state index in [0.717, 1.165) is 12.8 Å². The summed E-state index contributed by atoms with van der Waals surface area (Å²) in [6.45, 7) is 6.46. The van der Waals surface area contributed by atoms with Crippen LogP contribution >= 0.6 is 11.6 Å². The summed E-state index contributed by atoms with van der Waals surface area (Å²) in [5, 5.41) is 0. The highest BCUT2D eigenvalue weighted by atomic mass is 35.5. The van der Waals surface area contributed by atoms with Crippen LogP contribution in [0.15, 0.2) is 0 Å². The van der Waals surface area contributed by atoms with Gasteiger partial charge in [-0.1, -0.05) is 124 Å². The van der Waals surface area contributed by atoms with Gasteiger partial charge >= 0.3 is 8.80 Å². The molecule has 0 aromatic rings. The molecular weight excluding hydrogens is 452 g/mol. The fourth-order valence-corrected chi connectivity index (χ4v) is 7.07. The third kappa shape index (κ3) is 15.8. The zero-order chi connectivity index (χ0) is 24.3. The molecule has 0 fully saturated rings. The summed E-state index contributed by atoms with van der Waals surface area (Å²) < 4.78 is 16.7. The van der Waals surface area contributed by atoms with Crippen LogP contribution in [0.4, 0.5) is 0 Å². The van der Waals surface area contributed by atoms with Crippen molar-refractivity contribution in [3.8, 4) is 0 Å². The predicted molar refractivity (Wildman–Crippen MR) is 147 cm³/mol. The van der Waals surface area contributed by atoms with Gasteiger partial charge in [-0.25, -0.2) is 0 Å². The van der Waals surface area contributed by atoms with E-state index in [4.69, 9.17) is 30.6 Å². The lowest BCUT2D eigenvalue weighted by atomic mass is 9.83. The number of unbranched alkanes of at least 4 members (excludes halogenated alkanes) is 15. The van der Waals surface area contributed by atoms with Gasteiger partial charge in [-0.2, -0.15) is 0 Å². The number of hydrogen-bond acceptors (Lipinski definition) is 5. The molecule has 0 bridgehead atoms. The van der Waals surface area contributed by atoms with Gasteiger partial charge in [0.15, 0.2) is 0 Å². The quantitative estimate of drug-likeness (QED) is 0.0621. The van der Waals surface area contributed by atoms with E-state index in [2.05, 4.69) is 20.8 Å². The van der Waals surface area contributed by atoms with Crippen molar-refractivity contribution in [2.45, 2.75) is 141 Å². The van der Waals surface area contributed by atoms with Crippen molar-refractivity contribution in [1.29, 1.82) is 0 Å². The maximum absolute atomic E-state index is 6.80. The van der Waals surface area contributed by atoms with E-state index in [-0.39, 0.29) is 11.6 Å². The van der Waals surface area contributed by atoms with Gasteiger partial charge in [-0.15, -0.1) is 11.6 Å². The molecule has 0 saturated heterocycles. The number of halogens is 1. The largest absolute Gasteiger partial charge is 0.500 e. The molecule has 5 N–H and O–H groups in total. The van der Waals surface area contributed by atoms with E-state index >= 15 is 0 Å². The summed E-state index contributed by atoms with van der Waals surface area (Å²) in [5.41, 5.74) is 6.20. The third-order valence-corrected chi connectivity index (χ3v) is 11.0. The van der Waals surface area contributed by atoms with Crippen molar-refractivity contribution < 1.29 is 13.3 Å². The molecule has 0 saturated carbocycles. The third-order valence-electron chi connectivity index (χ3n) is 7.11. The lowest BCUT2D eigenvalue weighted by Crippen LogP contribution is -2.55. The van der Waals surface area contributed by atoms with Crippen molar-refractivity contribution in [2.75, 3.05) is 21.3 Å². The minimum Gasteiger partial charge on any atom is -0.377 e. The highest BCUT2D eigenvalue weighted by Gasteiger charge is 2.50. The molecule has 0 aliphatic heterocycles. The first-order valence-corrected chi connectivity index (χ1v) is 15.6. The van der Waals surface area contributed by atoms with E-state index < -0.39 is 13.8 Å². The van der Waals surface area contributed by atoms with Gasteiger partial charge in [-0.3, -0.25) is 0 Å². The minimum atomic E-state index is -2.72. The van der Waals surface area contributed by atoms with Gasteiger partial charge in [0.2, 0.25) is 0 Å². The molecule has 1 unspecified atom stereocenters. The van der Waals surface area contributed by atoms with E-state index in [1.54, 1.807) is 21.3 Å². The van der Waals surface area contributed by atoms with E-state index in [9.17, 15) is 0 Å². The Morgan fingerprint density at radius 2 is 0.939 bits per heavy atom. The molecule has 33 heavy (non-hydrogen) atoms. The topological polar surface area (TPSA) is 88.7 Å². The van der Waals surface area contributed by atoms with Gasteiger partial charge in [0.1, 0.15) is 0 Å². The summed E-state index contributed by atoms with van der Waals surface area (Å²) in [5.74, 6) is 0. The first kappa shape index (κ1) is 35.5. The van der Waals surface area contributed by atoms with Gasteiger partial charge < -0.3 is 25.2 Å². The molecule has 0 radical (unpaired) electrons. The molecule has 5 nitrogen and oxygen atoms in total. The Hall–Kier alpha value is 0.307. The van der Waals surface area contributed by atoms with E-state index in [1.807, 2.05) is 0 Å². The molecule has 0 aromatic heterocycles. The molecular formula is C26H59ClN2O3Si. The van der Waals surface area contributed by atoms with Crippen molar-refractivity contribution in [1.82, 2.24) is 6.15 Å².